The first kappa shape index (κ1) is 50.1. The lowest BCUT2D eigenvalue weighted by atomic mass is 9.68. The van der Waals surface area contributed by atoms with Gasteiger partial charge in [-0.25, -0.2) is 14.7 Å². The zero-order valence-electron chi connectivity index (χ0n) is 39.6. The van der Waals surface area contributed by atoms with Crippen molar-refractivity contribution in [1.29, 1.82) is 0 Å². The van der Waals surface area contributed by atoms with Gasteiger partial charge in [-0.05, 0) is 112 Å². The van der Waals surface area contributed by atoms with Gasteiger partial charge in [-0.2, -0.15) is 5.10 Å². The number of aliphatic hydroxyl groups is 2. The molecule has 5 rings (SSSR count). The molecule has 0 aromatic carbocycles. The predicted octanol–water partition coefficient (Wildman–Crippen LogP) is 5.88. The molecule has 16 heteroatoms. The largest absolute Gasteiger partial charge is 0.459 e. The molecule has 2 bridgehead atoms. The highest BCUT2D eigenvalue weighted by Crippen LogP contribution is 2.42. The molecule has 0 radical (unpaired) electrons. The van der Waals surface area contributed by atoms with Crippen LogP contribution in [-0.4, -0.2) is 126 Å². The van der Waals surface area contributed by atoms with E-state index >= 15 is 0 Å². The SMILES string of the molecule is CC[C@H]1OC(=O)[C@H](C)C(=O)[C@H](C)[C@@H](O[C@@H]2O[C@H](C)C[C@H](N(C)C(C)(C)C)[C@H]2O)[C@@]2(C)C[C@@H](C)/C(=N\C(C)=O)[C@H](C)[C@@H](CC/C(=N\OCc3ccc(-n4cccn4)nc3)CO2)[C@]1(C)O. The van der Waals surface area contributed by atoms with Gasteiger partial charge in [0.1, 0.15) is 30.3 Å². The molecule has 3 aliphatic heterocycles. The van der Waals surface area contributed by atoms with Crippen molar-refractivity contribution in [3.8, 4) is 5.82 Å². The van der Waals surface area contributed by atoms with Crippen LogP contribution >= 0.6 is 0 Å². The van der Waals surface area contributed by atoms with E-state index in [4.69, 9.17) is 23.8 Å². The number of aromatic nitrogens is 3. The maximum atomic E-state index is 14.7. The van der Waals surface area contributed by atoms with Crippen molar-refractivity contribution in [2.45, 2.75) is 175 Å². The Morgan fingerprint density at radius 2 is 1.83 bits per heavy atom. The molecule has 1 amide bonds. The van der Waals surface area contributed by atoms with E-state index in [1.54, 1.807) is 37.1 Å². The van der Waals surface area contributed by atoms with E-state index in [0.717, 1.165) is 5.56 Å². The zero-order valence-corrected chi connectivity index (χ0v) is 39.6. The van der Waals surface area contributed by atoms with Crippen LogP contribution in [0.3, 0.4) is 0 Å². The van der Waals surface area contributed by atoms with Crippen LogP contribution in [0.15, 0.2) is 46.9 Å². The average molecular weight is 881 g/mol. The Morgan fingerprint density at radius 3 is 2.43 bits per heavy atom. The number of aliphatic imine (C=N–C) groups is 1. The summed E-state index contributed by atoms with van der Waals surface area (Å²) < 4.78 is 28.1. The summed E-state index contributed by atoms with van der Waals surface area (Å²) in [6.45, 7) is 21.9. The summed E-state index contributed by atoms with van der Waals surface area (Å²) in [6, 6.07) is 5.18. The monoisotopic (exact) mass is 881 g/mol. The van der Waals surface area contributed by atoms with Crippen LogP contribution in [0.1, 0.15) is 121 Å². The van der Waals surface area contributed by atoms with Crippen molar-refractivity contribution in [1.82, 2.24) is 19.7 Å². The molecule has 3 fully saturated rings. The second-order valence-electron chi connectivity index (χ2n) is 19.5. The van der Waals surface area contributed by atoms with E-state index in [2.05, 4.69) is 45.9 Å². The van der Waals surface area contributed by atoms with Crippen LogP contribution in [0, 0.1) is 29.6 Å². The molecule has 2 N–H and O–H groups in total. The molecule has 63 heavy (non-hydrogen) atoms. The first-order valence-corrected chi connectivity index (χ1v) is 22.5. The molecule has 0 spiro atoms. The Balaban J connectivity index is 1.64. The van der Waals surface area contributed by atoms with Gasteiger partial charge < -0.3 is 34.0 Å². The van der Waals surface area contributed by atoms with Crippen molar-refractivity contribution >= 4 is 29.1 Å². The van der Waals surface area contributed by atoms with Crippen LogP contribution in [0.25, 0.3) is 5.82 Å². The summed E-state index contributed by atoms with van der Waals surface area (Å²) in [4.78, 5) is 58.8. The number of hydrogen-bond acceptors (Lipinski definition) is 14. The third-order valence-electron chi connectivity index (χ3n) is 13.6. The number of likely N-dealkylation sites (N-methyl/N-ethyl adjacent to an activating group) is 1. The fraction of sp³-hybridized carbons (Fsp3) is 0.723. The van der Waals surface area contributed by atoms with Crippen LogP contribution in [0.2, 0.25) is 0 Å². The van der Waals surface area contributed by atoms with E-state index < -0.39 is 83.1 Å². The summed E-state index contributed by atoms with van der Waals surface area (Å²) in [5.41, 5.74) is -1.49. The van der Waals surface area contributed by atoms with Crippen molar-refractivity contribution in [2.75, 3.05) is 13.7 Å². The zero-order chi connectivity index (χ0) is 46.6. The van der Waals surface area contributed by atoms with Gasteiger partial charge in [-0.3, -0.25) is 19.3 Å². The third kappa shape index (κ3) is 11.7. The lowest BCUT2D eigenvalue weighted by Crippen LogP contribution is -2.62. The molecule has 5 heterocycles. The average Bonchev–Trinajstić information content (AvgIpc) is 3.76. The number of fused-ring (bicyclic) bond motifs is 5. The Bertz CT molecular complexity index is 1930. The molecule has 13 atom stereocenters. The molecular weight excluding hydrogens is 809 g/mol. The van der Waals surface area contributed by atoms with E-state index in [-0.39, 0.29) is 50.2 Å². The van der Waals surface area contributed by atoms with Crippen molar-refractivity contribution < 1.29 is 48.4 Å². The van der Waals surface area contributed by atoms with E-state index in [0.29, 0.717) is 30.1 Å². The van der Waals surface area contributed by atoms with Gasteiger partial charge in [0.05, 0.1) is 30.1 Å². The molecular formula is C47H72N6O10. The number of Topliss-reactive ketones (excluding diaryl/α,β-unsaturated/α-hetero) is 1. The molecule has 3 saturated heterocycles. The molecule has 350 valence electrons. The highest BCUT2D eigenvalue weighted by atomic mass is 16.7. The second-order valence-corrected chi connectivity index (χ2v) is 19.5. The number of pyridine rings is 1. The molecule has 0 aliphatic carbocycles. The van der Waals surface area contributed by atoms with Crippen LogP contribution < -0.4 is 0 Å². The number of hydrogen-bond donors (Lipinski definition) is 2. The Hall–Kier alpha value is -3.93. The lowest BCUT2D eigenvalue weighted by Gasteiger charge is -2.49. The number of esters is 1. The molecule has 16 nitrogen and oxygen atoms in total. The number of amides is 1. The Labute approximate surface area is 373 Å². The second kappa shape index (κ2) is 20.5. The fourth-order valence-corrected chi connectivity index (χ4v) is 9.74. The minimum atomic E-state index is -1.64. The van der Waals surface area contributed by atoms with Gasteiger partial charge in [-0.1, -0.05) is 38.9 Å². The van der Waals surface area contributed by atoms with E-state index in [1.807, 2.05) is 59.9 Å². The Kier molecular flexibility index (Phi) is 16.3. The summed E-state index contributed by atoms with van der Waals surface area (Å²) in [6.07, 6.45) is 1.99. The smallest absolute Gasteiger partial charge is 0.316 e. The third-order valence-corrected chi connectivity index (χ3v) is 13.6. The molecule has 0 unspecified atom stereocenters. The van der Waals surface area contributed by atoms with E-state index in [9.17, 15) is 24.6 Å². The summed E-state index contributed by atoms with van der Waals surface area (Å²) in [7, 11) is 1.96. The molecule has 0 saturated carbocycles. The van der Waals surface area contributed by atoms with Crippen molar-refractivity contribution in [3.63, 3.8) is 0 Å². The minimum absolute atomic E-state index is 0.0645. The summed E-state index contributed by atoms with van der Waals surface area (Å²) in [5.74, 6) is -4.83. The van der Waals surface area contributed by atoms with Crippen molar-refractivity contribution in [3.05, 3.63) is 42.4 Å². The summed E-state index contributed by atoms with van der Waals surface area (Å²) in [5, 5.41) is 33.5. The number of aliphatic hydroxyl groups excluding tert-OH is 1. The maximum Gasteiger partial charge on any atom is 0.316 e. The first-order chi connectivity index (χ1) is 29.5. The van der Waals surface area contributed by atoms with Crippen molar-refractivity contribution in [2.24, 2.45) is 39.7 Å². The van der Waals surface area contributed by atoms with E-state index in [1.165, 1.54) is 13.8 Å². The highest BCUT2D eigenvalue weighted by molar-refractivity contribution is 6.00. The van der Waals surface area contributed by atoms with Crippen LogP contribution in [0.4, 0.5) is 0 Å². The van der Waals surface area contributed by atoms with Gasteiger partial charge in [0.25, 0.3) is 0 Å². The van der Waals surface area contributed by atoms with Gasteiger partial charge in [-0.15, -0.1) is 0 Å². The molecule has 3 aliphatic rings. The number of ether oxygens (including phenoxy) is 4. The lowest BCUT2D eigenvalue weighted by molar-refractivity contribution is -0.299. The maximum absolute atomic E-state index is 14.7. The van der Waals surface area contributed by atoms with Crippen LogP contribution in [-0.2, 0) is 44.8 Å². The standard InChI is InChI=1S/C47H72N6O10/c1-14-37-47(12,58)35-18-17-34(51-60-25-33-16-19-38(48-24-33)53-21-15-20-49-53)26-59-46(11,23-27(2)39(29(35)4)50-32(7)54)42(30(5)40(55)31(6)43(57)62-37)63-44-41(56)36(22-28(3)61-44)52(13)45(8,9)10/h15-16,19-21,24,27-31,35-37,41-42,44,56,58H,14,17-18,22-23,25-26H2,1-13H3/b50-39+,51-34+/t27-,28-,29-,30+,31-,35-,36+,37-,41-,42-,44+,46-,47+/m1/s1. The van der Waals surface area contributed by atoms with Gasteiger partial charge in [0.2, 0.25) is 5.91 Å². The number of ketones is 1. The number of carbonyl (C=O) groups excluding carboxylic acids is 3. The Morgan fingerprint density at radius 1 is 1.11 bits per heavy atom. The van der Waals surface area contributed by atoms with Gasteiger partial charge in [0.15, 0.2) is 17.9 Å². The van der Waals surface area contributed by atoms with Gasteiger partial charge in [0, 0.05) is 60.2 Å². The normalized spacial score (nSPS) is 36.7. The number of carbonyl (C=O) groups is 3. The topological polar surface area (TPSA) is 196 Å². The number of cyclic esters (lactones) is 1. The molecule has 2 aromatic heterocycles. The quantitative estimate of drug-likeness (QED) is 0.181. The summed E-state index contributed by atoms with van der Waals surface area (Å²) >= 11 is 0. The number of nitrogens with zero attached hydrogens (tertiary/aromatic N) is 6. The molecule has 2 aromatic rings. The highest BCUT2D eigenvalue weighted by Gasteiger charge is 2.53. The van der Waals surface area contributed by atoms with Gasteiger partial charge >= 0.3 is 5.97 Å². The minimum Gasteiger partial charge on any atom is -0.459 e. The predicted molar refractivity (Wildman–Crippen MR) is 237 cm³/mol. The fourth-order valence-electron chi connectivity index (χ4n) is 9.74. The number of oxime groups is 1. The number of rotatable bonds is 8. The van der Waals surface area contributed by atoms with Crippen LogP contribution in [0.5, 0.6) is 0 Å². The first-order valence-electron chi connectivity index (χ1n) is 22.5.